The highest BCUT2D eigenvalue weighted by Gasteiger charge is 2.23. The van der Waals surface area contributed by atoms with Crippen LogP contribution in [0, 0.1) is 0 Å². The van der Waals surface area contributed by atoms with Gasteiger partial charge in [-0.15, -0.1) is 0 Å². The highest BCUT2D eigenvalue weighted by atomic mass is 35.5. The lowest BCUT2D eigenvalue weighted by Crippen LogP contribution is -2.08. The molecule has 5 rings (SSSR count). The lowest BCUT2D eigenvalue weighted by atomic mass is 9.99. The van der Waals surface area contributed by atoms with Crippen molar-refractivity contribution in [3.8, 4) is 33.8 Å². The van der Waals surface area contributed by atoms with Crippen LogP contribution in [0.2, 0.25) is 5.02 Å². The van der Waals surface area contributed by atoms with E-state index in [0.29, 0.717) is 5.02 Å². The number of para-hydroxylation sites is 2. The third-order valence-electron chi connectivity index (χ3n) is 5.63. The average Bonchev–Trinajstić information content (AvgIpc) is 3.28. The fraction of sp³-hybridized carbons (Fsp3) is 0.0345. The van der Waals surface area contributed by atoms with Gasteiger partial charge in [-0.3, -0.25) is 4.79 Å². The summed E-state index contributed by atoms with van der Waals surface area (Å²) in [4.78, 5) is 11.5. The van der Waals surface area contributed by atoms with Crippen LogP contribution in [0.15, 0.2) is 109 Å². The SMILES string of the molecule is O=C(F)c1ccccc1OCc1c(-c2ccc(Cl)cc2)c(-c2ccccc2)nn1-c1ccccc1. The topological polar surface area (TPSA) is 44.1 Å². The molecule has 0 bridgehead atoms. The minimum Gasteiger partial charge on any atom is -0.486 e. The molecule has 0 fully saturated rings. The first-order valence-electron chi connectivity index (χ1n) is 11.0. The molecule has 0 aliphatic carbocycles. The molecule has 0 aliphatic heterocycles. The molecule has 35 heavy (non-hydrogen) atoms. The summed E-state index contributed by atoms with van der Waals surface area (Å²) in [5, 5.41) is 5.61. The van der Waals surface area contributed by atoms with E-state index in [1.807, 2.05) is 89.6 Å². The minimum atomic E-state index is -1.54. The molecule has 4 nitrogen and oxygen atoms in total. The Hall–Kier alpha value is -4.22. The number of aromatic nitrogens is 2. The van der Waals surface area contributed by atoms with E-state index in [1.54, 1.807) is 18.2 Å². The highest BCUT2D eigenvalue weighted by molar-refractivity contribution is 6.30. The molecule has 172 valence electrons. The van der Waals surface area contributed by atoms with Crippen LogP contribution >= 0.6 is 11.6 Å². The monoisotopic (exact) mass is 482 g/mol. The fourth-order valence-electron chi connectivity index (χ4n) is 3.99. The van der Waals surface area contributed by atoms with E-state index >= 15 is 0 Å². The summed E-state index contributed by atoms with van der Waals surface area (Å²) < 4.78 is 21.5. The standard InChI is InChI=1S/C29H20ClFN2O2/c30-22-17-15-20(16-18-22)27-25(19-35-26-14-8-7-13-24(26)29(31)34)33(23-11-5-2-6-12-23)32-28(27)21-9-3-1-4-10-21/h1-18H,19H2. The van der Waals surface area contributed by atoms with Crippen LogP contribution < -0.4 is 4.74 Å². The Balaban J connectivity index is 1.71. The van der Waals surface area contributed by atoms with Crippen molar-refractivity contribution in [1.82, 2.24) is 9.78 Å². The maximum absolute atomic E-state index is 13.6. The molecule has 0 spiro atoms. The van der Waals surface area contributed by atoms with Gasteiger partial charge < -0.3 is 4.74 Å². The number of carbonyl (C=O) groups excluding carboxylic acids is 1. The van der Waals surface area contributed by atoms with Gasteiger partial charge >= 0.3 is 6.04 Å². The van der Waals surface area contributed by atoms with Crippen molar-refractivity contribution in [1.29, 1.82) is 0 Å². The molecule has 0 unspecified atom stereocenters. The maximum atomic E-state index is 13.6. The molecule has 0 saturated heterocycles. The first-order chi connectivity index (χ1) is 17.1. The van der Waals surface area contributed by atoms with E-state index in [0.717, 1.165) is 33.8 Å². The minimum absolute atomic E-state index is 0.0526. The molecule has 1 aromatic heterocycles. The number of hydrogen-bond acceptors (Lipinski definition) is 3. The predicted octanol–water partition coefficient (Wildman–Crippen LogP) is 7.55. The summed E-state index contributed by atoms with van der Waals surface area (Å²) in [7, 11) is 0. The van der Waals surface area contributed by atoms with Crippen LogP contribution in [0.1, 0.15) is 16.1 Å². The van der Waals surface area contributed by atoms with Crippen LogP contribution in [-0.2, 0) is 6.61 Å². The molecular formula is C29H20ClFN2O2. The zero-order valence-corrected chi connectivity index (χ0v) is 19.3. The van der Waals surface area contributed by atoms with Crippen LogP contribution in [0.4, 0.5) is 4.39 Å². The van der Waals surface area contributed by atoms with Gasteiger partial charge in [0.05, 0.1) is 16.9 Å². The largest absolute Gasteiger partial charge is 0.486 e. The molecule has 5 aromatic rings. The lowest BCUT2D eigenvalue weighted by Gasteiger charge is -2.13. The van der Waals surface area contributed by atoms with Gasteiger partial charge in [-0.05, 0) is 42.0 Å². The summed E-state index contributed by atoms with van der Waals surface area (Å²) >= 11 is 6.17. The van der Waals surface area contributed by atoms with Crippen molar-refractivity contribution in [3.05, 3.63) is 125 Å². The van der Waals surface area contributed by atoms with E-state index in [2.05, 4.69) is 0 Å². The maximum Gasteiger partial charge on any atom is 0.335 e. The van der Waals surface area contributed by atoms with E-state index in [-0.39, 0.29) is 17.9 Å². The fourth-order valence-corrected chi connectivity index (χ4v) is 4.11. The number of carbonyl (C=O) groups is 1. The van der Waals surface area contributed by atoms with Crippen LogP contribution in [-0.4, -0.2) is 15.8 Å². The Bertz CT molecular complexity index is 1470. The van der Waals surface area contributed by atoms with E-state index in [4.69, 9.17) is 21.4 Å². The zero-order valence-electron chi connectivity index (χ0n) is 18.6. The Labute approximate surface area is 207 Å². The Morgan fingerprint density at radius 3 is 2.11 bits per heavy atom. The van der Waals surface area contributed by atoms with E-state index in [1.165, 1.54) is 6.07 Å². The van der Waals surface area contributed by atoms with Gasteiger partial charge in [0.1, 0.15) is 18.1 Å². The number of rotatable bonds is 7. The molecule has 0 radical (unpaired) electrons. The summed E-state index contributed by atoms with van der Waals surface area (Å²) in [6.07, 6.45) is 0. The molecule has 6 heteroatoms. The Kier molecular flexibility index (Phi) is 6.42. The number of nitrogens with zero attached hydrogens (tertiary/aromatic N) is 2. The lowest BCUT2D eigenvalue weighted by molar-refractivity contribution is 0.0831. The molecule has 0 saturated carbocycles. The van der Waals surface area contributed by atoms with E-state index < -0.39 is 6.04 Å². The number of ether oxygens (including phenoxy) is 1. The molecule has 1 heterocycles. The molecule has 0 aliphatic rings. The second-order valence-corrected chi connectivity index (χ2v) is 8.29. The molecule has 0 N–H and O–H groups in total. The van der Waals surface area contributed by atoms with Crippen molar-refractivity contribution in [3.63, 3.8) is 0 Å². The molecule has 4 aromatic carbocycles. The number of halogens is 2. The number of hydrogen-bond donors (Lipinski definition) is 0. The summed E-state index contributed by atoms with van der Waals surface area (Å²) in [5.41, 5.74) is 4.95. The van der Waals surface area contributed by atoms with Gasteiger partial charge in [0.2, 0.25) is 0 Å². The first kappa shape index (κ1) is 22.6. The van der Waals surface area contributed by atoms with Crippen molar-refractivity contribution in [2.45, 2.75) is 6.61 Å². The number of benzene rings is 4. The van der Waals surface area contributed by atoms with Crippen molar-refractivity contribution >= 4 is 17.6 Å². The Morgan fingerprint density at radius 1 is 0.800 bits per heavy atom. The predicted molar refractivity (Wildman–Crippen MR) is 136 cm³/mol. The van der Waals surface area contributed by atoms with Crippen LogP contribution in [0.3, 0.4) is 0 Å². The molecule has 0 atom stereocenters. The van der Waals surface area contributed by atoms with Crippen molar-refractivity contribution in [2.75, 3.05) is 0 Å². The molecular weight excluding hydrogens is 463 g/mol. The second-order valence-electron chi connectivity index (χ2n) is 7.85. The summed E-state index contributed by atoms with van der Waals surface area (Å²) in [6, 6.07) is 31.8. The third kappa shape index (κ3) is 4.72. The first-order valence-corrected chi connectivity index (χ1v) is 11.4. The van der Waals surface area contributed by atoms with Gasteiger partial charge in [-0.1, -0.05) is 84.4 Å². The smallest absolute Gasteiger partial charge is 0.335 e. The van der Waals surface area contributed by atoms with E-state index in [9.17, 15) is 9.18 Å². The van der Waals surface area contributed by atoms with Gasteiger partial charge in [0.25, 0.3) is 0 Å². The highest BCUT2D eigenvalue weighted by Crippen LogP contribution is 2.37. The summed E-state index contributed by atoms with van der Waals surface area (Å²) in [5.74, 6) is 0.170. The normalized spacial score (nSPS) is 10.8. The van der Waals surface area contributed by atoms with Crippen LogP contribution in [0.5, 0.6) is 5.75 Å². The average molecular weight is 483 g/mol. The van der Waals surface area contributed by atoms with Gasteiger partial charge in [0, 0.05) is 16.1 Å². The summed E-state index contributed by atoms with van der Waals surface area (Å²) in [6.45, 7) is 0.0526. The van der Waals surface area contributed by atoms with Crippen LogP contribution in [0.25, 0.3) is 28.1 Å². The second kappa shape index (κ2) is 9.95. The Morgan fingerprint density at radius 2 is 1.43 bits per heavy atom. The third-order valence-corrected chi connectivity index (χ3v) is 5.88. The zero-order chi connectivity index (χ0) is 24.2. The van der Waals surface area contributed by atoms with Crippen molar-refractivity contribution < 1.29 is 13.9 Å². The van der Waals surface area contributed by atoms with Gasteiger partial charge in [-0.25, -0.2) is 4.68 Å². The molecule has 0 amide bonds. The van der Waals surface area contributed by atoms with Crippen molar-refractivity contribution in [2.24, 2.45) is 0 Å². The van der Waals surface area contributed by atoms with Gasteiger partial charge in [-0.2, -0.15) is 9.49 Å². The van der Waals surface area contributed by atoms with Gasteiger partial charge in [0.15, 0.2) is 0 Å². The quantitative estimate of drug-likeness (QED) is 0.225.